The van der Waals surface area contributed by atoms with E-state index in [1.807, 2.05) is 0 Å². The number of ether oxygens (including phenoxy) is 1. The van der Waals surface area contributed by atoms with Crippen molar-refractivity contribution in [1.29, 1.82) is 0 Å². The molecule has 0 bridgehead atoms. The van der Waals surface area contributed by atoms with E-state index in [0.717, 1.165) is 80.9 Å². The van der Waals surface area contributed by atoms with Gasteiger partial charge in [-0.25, -0.2) is 0 Å². The second-order valence-corrected chi connectivity index (χ2v) is 12.3. The summed E-state index contributed by atoms with van der Waals surface area (Å²) in [7, 11) is 0. The number of nitrogens with zero attached hydrogens (tertiary/aromatic N) is 2. The summed E-state index contributed by atoms with van der Waals surface area (Å²) < 4.78 is 7.82. The summed E-state index contributed by atoms with van der Waals surface area (Å²) in [6.07, 6.45) is 4.36. The molecule has 1 aromatic heterocycles. The topological polar surface area (TPSA) is 58.5 Å². The molecule has 1 unspecified atom stereocenters. The molecule has 4 aromatic rings. The van der Waals surface area contributed by atoms with E-state index in [4.69, 9.17) is 4.74 Å². The zero-order valence-corrected chi connectivity index (χ0v) is 25.8. The molecule has 0 aliphatic carbocycles. The van der Waals surface area contributed by atoms with Crippen LogP contribution in [0.5, 0.6) is 0 Å². The number of aromatic nitrogens is 1. The maximum Gasteiger partial charge on any atom is 0.268 e. The average molecular weight is 579 g/mol. The van der Waals surface area contributed by atoms with Gasteiger partial charge in [-0.15, -0.1) is 0 Å². The molecule has 3 heterocycles. The van der Waals surface area contributed by atoms with Crippen LogP contribution in [0.1, 0.15) is 69.9 Å². The highest BCUT2D eigenvalue weighted by Gasteiger charge is 2.30. The maximum absolute atomic E-state index is 14.4. The Morgan fingerprint density at radius 1 is 0.930 bits per heavy atom. The highest BCUT2D eigenvalue weighted by molar-refractivity contribution is 6.02. The van der Waals surface area contributed by atoms with Crippen LogP contribution in [0, 0.1) is 13.8 Å². The van der Waals surface area contributed by atoms with Gasteiger partial charge in [0, 0.05) is 54.6 Å². The number of para-hydroxylation sites is 1. The minimum absolute atomic E-state index is 0.0248. The van der Waals surface area contributed by atoms with Crippen molar-refractivity contribution in [1.82, 2.24) is 20.1 Å². The van der Waals surface area contributed by atoms with E-state index in [0.29, 0.717) is 12.6 Å². The molecule has 6 heteroatoms. The average Bonchev–Trinajstić information content (AvgIpc) is 3.67. The predicted octanol–water partition coefficient (Wildman–Crippen LogP) is 6.03. The molecule has 1 atom stereocenters. The van der Waals surface area contributed by atoms with E-state index < -0.39 is 0 Å². The van der Waals surface area contributed by atoms with Crippen LogP contribution in [0.3, 0.4) is 0 Å². The fourth-order valence-corrected chi connectivity index (χ4v) is 6.84. The van der Waals surface area contributed by atoms with Gasteiger partial charge in [-0.05, 0) is 69.8 Å². The lowest BCUT2D eigenvalue weighted by molar-refractivity contribution is 0.0374. The summed E-state index contributed by atoms with van der Waals surface area (Å²) in [6.45, 7) is 11.3. The number of nitrogens with one attached hydrogen (secondary N) is 2. The lowest BCUT2D eigenvalue weighted by Crippen LogP contribution is -2.38. The van der Waals surface area contributed by atoms with Crippen LogP contribution < -0.4 is 10.6 Å². The Kier molecular flexibility index (Phi) is 9.57. The summed E-state index contributed by atoms with van der Waals surface area (Å²) in [5, 5.41) is 8.17. The highest BCUT2D eigenvalue weighted by atomic mass is 16.5. The standard InChI is InChI=1S/C37H46N4O2/c1-27-10-14-29(15-11-27)34(30-16-12-28(2)13-17-30)35-32-8-3-4-9-33(32)41(22-18-31-7-5-19-38-31)36(35)37(42)39-20-6-21-40-23-25-43-26-24-40/h3-4,8-17,31,34,38H,5-7,18-26H2,1-2H3,(H,39,42). The van der Waals surface area contributed by atoms with Crippen LogP contribution in [0.25, 0.3) is 10.9 Å². The Labute approximate surface area is 256 Å². The lowest BCUT2D eigenvalue weighted by Gasteiger charge is -2.26. The molecule has 2 aliphatic rings. The van der Waals surface area contributed by atoms with Crippen LogP contribution in [-0.4, -0.2) is 67.4 Å². The molecule has 2 aliphatic heterocycles. The molecule has 0 saturated carbocycles. The third-order valence-corrected chi connectivity index (χ3v) is 9.24. The van der Waals surface area contributed by atoms with Gasteiger partial charge in [-0.1, -0.05) is 77.9 Å². The van der Waals surface area contributed by atoms with E-state index in [1.165, 1.54) is 35.1 Å². The number of benzene rings is 3. The van der Waals surface area contributed by atoms with Crippen LogP contribution in [0.4, 0.5) is 0 Å². The first-order valence-corrected chi connectivity index (χ1v) is 16.1. The van der Waals surface area contributed by atoms with E-state index in [-0.39, 0.29) is 11.8 Å². The Bertz CT molecular complexity index is 1450. The molecule has 2 fully saturated rings. The monoisotopic (exact) mass is 578 g/mol. The zero-order chi connectivity index (χ0) is 29.6. The quantitative estimate of drug-likeness (QED) is 0.213. The number of morpholine rings is 1. The van der Waals surface area contributed by atoms with Crippen LogP contribution in [-0.2, 0) is 11.3 Å². The van der Waals surface area contributed by atoms with Gasteiger partial charge in [-0.2, -0.15) is 0 Å². The summed E-state index contributed by atoms with van der Waals surface area (Å²) in [5.41, 5.74) is 7.92. The molecule has 0 radical (unpaired) electrons. The van der Waals surface area contributed by atoms with Gasteiger partial charge in [0.15, 0.2) is 0 Å². The zero-order valence-electron chi connectivity index (χ0n) is 25.8. The molecule has 2 saturated heterocycles. The molecule has 0 spiro atoms. The van der Waals surface area contributed by atoms with Gasteiger partial charge >= 0.3 is 0 Å². The van der Waals surface area contributed by atoms with Crippen molar-refractivity contribution in [3.63, 3.8) is 0 Å². The number of hydrogen-bond donors (Lipinski definition) is 2. The maximum atomic E-state index is 14.4. The number of aryl methyl sites for hydroxylation is 3. The second kappa shape index (κ2) is 13.9. The first-order valence-electron chi connectivity index (χ1n) is 16.1. The summed E-state index contributed by atoms with van der Waals surface area (Å²) in [4.78, 5) is 16.8. The molecular formula is C37H46N4O2. The second-order valence-electron chi connectivity index (χ2n) is 12.3. The minimum atomic E-state index is -0.0638. The number of fused-ring (bicyclic) bond motifs is 1. The molecule has 6 nitrogen and oxygen atoms in total. The smallest absolute Gasteiger partial charge is 0.268 e. The summed E-state index contributed by atoms with van der Waals surface area (Å²) >= 11 is 0. The molecule has 2 N–H and O–H groups in total. The van der Waals surface area contributed by atoms with Crippen molar-refractivity contribution in [2.45, 2.75) is 58.0 Å². The van der Waals surface area contributed by atoms with E-state index in [9.17, 15) is 4.79 Å². The summed E-state index contributed by atoms with van der Waals surface area (Å²) in [5.74, 6) is -0.0390. The normalized spacial score (nSPS) is 17.6. The SMILES string of the molecule is Cc1ccc(C(c2ccc(C)cc2)c2c(C(=O)NCCCN3CCOCC3)n(CCC3CCCN3)c3ccccc23)cc1. The highest BCUT2D eigenvalue weighted by Crippen LogP contribution is 2.40. The third-order valence-electron chi connectivity index (χ3n) is 9.24. The Hall–Kier alpha value is -3.45. The first kappa shape index (κ1) is 29.6. The molecule has 3 aromatic carbocycles. The van der Waals surface area contributed by atoms with Gasteiger partial charge in [0.25, 0.3) is 5.91 Å². The Balaban J connectivity index is 1.41. The van der Waals surface area contributed by atoms with Crippen LogP contribution in [0.2, 0.25) is 0 Å². The van der Waals surface area contributed by atoms with Crippen molar-refractivity contribution in [2.75, 3.05) is 45.9 Å². The van der Waals surface area contributed by atoms with Crippen molar-refractivity contribution < 1.29 is 9.53 Å². The summed E-state index contributed by atoms with van der Waals surface area (Å²) in [6, 6.07) is 26.8. The fourth-order valence-electron chi connectivity index (χ4n) is 6.84. The number of hydrogen-bond acceptors (Lipinski definition) is 4. The van der Waals surface area contributed by atoms with Gasteiger partial charge in [0.1, 0.15) is 5.69 Å². The van der Waals surface area contributed by atoms with Gasteiger partial charge in [0.2, 0.25) is 0 Å². The number of carbonyl (C=O) groups excluding carboxylic acids is 1. The van der Waals surface area contributed by atoms with E-state index in [1.54, 1.807) is 0 Å². The lowest BCUT2D eigenvalue weighted by atomic mass is 9.83. The number of amides is 1. The van der Waals surface area contributed by atoms with Crippen LogP contribution >= 0.6 is 0 Å². The minimum Gasteiger partial charge on any atom is -0.379 e. The predicted molar refractivity (Wildman–Crippen MR) is 175 cm³/mol. The van der Waals surface area contributed by atoms with Crippen LogP contribution in [0.15, 0.2) is 72.8 Å². The molecule has 43 heavy (non-hydrogen) atoms. The fraction of sp³-hybridized carbons (Fsp3) is 0.432. The molecule has 226 valence electrons. The molecule has 1 amide bonds. The Morgan fingerprint density at radius 2 is 1.60 bits per heavy atom. The van der Waals surface area contributed by atoms with Crippen molar-refractivity contribution in [3.05, 3.63) is 106 Å². The van der Waals surface area contributed by atoms with E-state index in [2.05, 4.69) is 107 Å². The van der Waals surface area contributed by atoms with Crippen molar-refractivity contribution >= 4 is 16.8 Å². The van der Waals surface area contributed by atoms with Crippen molar-refractivity contribution in [2.24, 2.45) is 0 Å². The first-order chi connectivity index (χ1) is 21.1. The third kappa shape index (κ3) is 6.87. The van der Waals surface area contributed by atoms with Crippen molar-refractivity contribution in [3.8, 4) is 0 Å². The van der Waals surface area contributed by atoms with Gasteiger partial charge in [-0.3, -0.25) is 9.69 Å². The van der Waals surface area contributed by atoms with E-state index >= 15 is 0 Å². The largest absolute Gasteiger partial charge is 0.379 e. The Morgan fingerprint density at radius 3 is 2.26 bits per heavy atom. The number of rotatable bonds is 11. The molecular weight excluding hydrogens is 532 g/mol. The molecule has 6 rings (SSSR count). The van der Waals surface area contributed by atoms with Gasteiger partial charge in [0.05, 0.1) is 13.2 Å². The number of carbonyl (C=O) groups is 1. The van der Waals surface area contributed by atoms with Gasteiger partial charge < -0.3 is 19.9 Å².